The predicted molar refractivity (Wildman–Crippen MR) is 77.2 cm³/mol. The number of hydrogen-bond donors (Lipinski definition) is 2. The van der Waals surface area contributed by atoms with Gasteiger partial charge in [-0.15, -0.1) is 11.3 Å². The van der Waals surface area contributed by atoms with E-state index in [1.54, 1.807) is 11.3 Å². The molecular formula is C14H18N4OS. The van der Waals surface area contributed by atoms with Crippen LogP contribution in [0.15, 0.2) is 6.20 Å². The first-order valence-corrected chi connectivity index (χ1v) is 8.01. The third-order valence-electron chi connectivity index (χ3n) is 4.14. The van der Waals surface area contributed by atoms with Gasteiger partial charge in [-0.3, -0.25) is 4.79 Å². The van der Waals surface area contributed by atoms with Crippen molar-refractivity contribution in [3.8, 4) is 6.19 Å². The summed E-state index contributed by atoms with van der Waals surface area (Å²) in [4.78, 5) is 17.6. The van der Waals surface area contributed by atoms with Gasteiger partial charge in [0.1, 0.15) is 0 Å². The molecule has 1 aromatic rings. The van der Waals surface area contributed by atoms with Crippen LogP contribution in [-0.2, 0) is 4.79 Å². The van der Waals surface area contributed by atoms with Crippen molar-refractivity contribution in [3.63, 3.8) is 0 Å². The molecule has 6 heteroatoms. The molecule has 0 aromatic carbocycles. The number of nitrogens with zero attached hydrogens (tertiary/aromatic N) is 2. The minimum atomic E-state index is -0.0864. The van der Waals surface area contributed by atoms with Crippen molar-refractivity contribution in [2.75, 3.05) is 5.32 Å². The van der Waals surface area contributed by atoms with E-state index in [-0.39, 0.29) is 17.9 Å². The van der Waals surface area contributed by atoms with Crippen LogP contribution >= 0.6 is 11.3 Å². The Bertz CT molecular complexity index is 530. The first kappa shape index (κ1) is 13.4. The van der Waals surface area contributed by atoms with Gasteiger partial charge in [-0.25, -0.2) is 4.98 Å². The molecule has 3 rings (SSSR count). The van der Waals surface area contributed by atoms with Gasteiger partial charge >= 0.3 is 0 Å². The molecule has 1 aromatic heterocycles. The minimum Gasteiger partial charge on any atom is -0.320 e. The quantitative estimate of drug-likeness (QED) is 0.660. The largest absolute Gasteiger partial charge is 0.320 e. The van der Waals surface area contributed by atoms with Crippen molar-refractivity contribution in [1.29, 1.82) is 5.26 Å². The Kier molecular flexibility index (Phi) is 3.88. The second kappa shape index (κ2) is 5.80. The van der Waals surface area contributed by atoms with Crippen molar-refractivity contribution in [1.82, 2.24) is 10.3 Å². The molecule has 2 aliphatic carbocycles. The zero-order valence-corrected chi connectivity index (χ0v) is 12.1. The summed E-state index contributed by atoms with van der Waals surface area (Å²) < 4.78 is 0. The van der Waals surface area contributed by atoms with Crippen molar-refractivity contribution in [2.24, 2.45) is 5.92 Å². The zero-order chi connectivity index (χ0) is 13.9. The fourth-order valence-electron chi connectivity index (χ4n) is 2.85. The van der Waals surface area contributed by atoms with E-state index in [2.05, 4.69) is 15.6 Å². The first-order chi connectivity index (χ1) is 9.78. The van der Waals surface area contributed by atoms with Gasteiger partial charge < -0.3 is 10.6 Å². The van der Waals surface area contributed by atoms with Crippen molar-refractivity contribution in [3.05, 3.63) is 11.1 Å². The van der Waals surface area contributed by atoms with Crippen LogP contribution in [-0.4, -0.2) is 16.9 Å². The van der Waals surface area contributed by atoms with E-state index in [0.717, 1.165) is 6.42 Å². The molecule has 2 atom stereocenters. The highest BCUT2D eigenvalue weighted by atomic mass is 32.1. The molecule has 2 fully saturated rings. The van der Waals surface area contributed by atoms with E-state index in [9.17, 15) is 4.79 Å². The Morgan fingerprint density at radius 3 is 2.95 bits per heavy atom. The predicted octanol–water partition coefficient (Wildman–Crippen LogP) is 2.59. The topological polar surface area (TPSA) is 77.8 Å². The molecule has 1 amide bonds. The van der Waals surface area contributed by atoms with Crippen LogP contribution in [0.1, 0.15) is 49.3 Å². The molecular weight excluding hydrogens is 272 g/mol. The lowest BCUT2D eigenvalue weighted by atomic mass is 9.89. The maximum Gasteiger partial charge on any atom is 0.231 e. The number of hydrogen-bond acceptors (Lipinski definition) is 5. The summed E-state index contributed by atoms with van der Waals surface area (Å²) in [6.07, 6.45) is 11.0. The van der Waals surface area contributed by atoms with E-state index < -0.39 is 0 Å². The number of amides is 1. The first-order valence-electron chi connectivity index (χ1n) is 7.19. The van der Waals surface area contributed by atoms with Gasteiger partial charge in [-0.05, 0) is 25.2 Å². The zero-order valence-electron chi connectivity index (χ0n) is 11.3. The van der Waals surface area contributed by atoms with Crippen LogP contribution in [0.3, 0.4) is 0 Å². The molecule has 0 saturated heterocycles. The number of thiazole rings is 1. The van der Waals surface area contributed by atoms with Crippen molar-refractivity contribution < 1.29 is 4.79 Å². The van der Waals surface area contributed by atoms with Crippen LogP contribution in [0, 0.1) is 17.4 Å². The number of rotatable bonds is 4. The fraction of sp³-hybridized carbons (Fsp3) is 0.643. The van der Waals surface area contributed by atoms with Crippen molar-refractivity contribution in [2.45, 2.75) is 50.5 Å². The molecule has 20 heavy (non-hydrogen) atoms. The molecule has 2 unspecified atom stereocenters. The third-order valence-corrected chi connectivity index (χ3v) is 5.21. The Hall–Kier alpha value is -1.61. The summed E-state index contributed by atoms with van der Waals surface area (Å²) in [6, 6.07) is 0.0118. The Labute approximate surface area is 122 Å². The molecule has 0 aliphatic heterocycles. The van der Waals surface area contributed by atoms with Crippen LogP contribution in [0.25, 0.3) is 0 Å². The van der Waals surface area contributed by atoms with Gasteiger partial charge in [-0.1, -0.05) is 19.3 Å². The van der Waals surface area contributed by atoms with Gasteiger partial charge in [0.15, 0.2) is 11.3 Å². The van der Waals surface area contributed by atoms with E-state index in [1.807, 2.05) is 12.4 Å². The SMILES string of the molecule is N#CNC1CC1C(=O)Nc1ncc(C2CCCCC2)s1. The molecule has 1 heterocycles. The van der Waals surface area contributed by atoms with Gasteiger partial charge in [0.2, 0.25) is 5.91 Å². The van der Waals surface area contributed by atoms with Crippen molar-refractivity contribution >= 4 is 22.4 Å². The summed E-state index contributed by atoms with van der Waals surface area (Å²) in [5.41, 5.74) is 0. The number of anilines is 1. The van der Waals surface area contributed by atoms with Gasteiger partial charge in [-0.2, -0.15) is 5.26 Å². The second-order valence-corrected chi connectivity index (χ2v) is 6.66. The highest BCUT2D eigenvalue weighted by Crippen LogP contribution is 2.37. The maximum absolute atomic E-state index is 12.0. The molecule has 0 spiro atoms. The lowest BCUT2D eigenvalue weighted by molar-refractivity contribution is -0.117. The average Bonchev–Trinajstić information content (AvgIpc) is 3.09. The number of carbonyl (C=O) groups is 1. The van der Waals surface area contributed by atoms with Crippen LogP contribution in [0.5, 0.6) is 0 Å². The van der Waals surface area contributed by atoms with Gasteiger partial charge in [0, 0.05) is 17.1 Å². The lowest BCUT2D eigenvalue weighted by Crippen LogP contribution is -2.20. The minimum absolute atomic E-state index is 0.0118. The second-order valence-electron chi connectivity index (χ2n) is 5.60. The molecule has 0 radical (unpaired) electrons. The van der Waals surface area contributed by atoms with Gasteiger partial charge in [0.05, 0.1) is 5.92 Å². The number of aromatic nitrogens is 1. The van der Waals surface area contributed by atoms with E-state index >= 15 is 0 Å². The molecule has 5 nitrogen and oxygen atoms in total. The van der Waals surface area contributed by atoms with Crippen LogP contribution in [0.4, 0.5) is 5.13 Å². The van der Waals surface area contributed by atoms with E-state index in [0.29, 0.717) is 11.0 Å². The Morgan fingerprint density at radius 2 is 2.20 bits per heavy atom. The maximum atomic E-state index is 12.0. The highest BCUT2D eigenvalue weighted by molar-refractivity contribution is 7.15. The summed E-state index contributed by atoms with van der Waals surface area (Å²) in [5, 5.41) is 14.7. The fourth-order valence-corrected chi connectivity index (χ4v) is 3.83. The standard InChI is InChI=1S/C14H18N4OS/c15-8-17-11-6-10(11)13(19)18-14-16-7-12(20-14)9-4-2-1-3-5-9/h7,9-11,17H,1-6H2,(H,16,18,19). The number of nitriles is 1. The molecule has 2 N–H and O–H groups in total. The van der Waals surface area contributed by atoms with Crippen LogP contribution < -0.4 is 10.6 Å². The summed E-state index contributed by atoms with van der Waals surface area (Å²) in [7, 11) is 0. The van der Waals surface area contributed by atoms with Gasteiger partial charge in [0.25, 0.3) is 0 Å². The highest BCUT2D eigenvalue weighted by Gasteiger charge is 2.43. The van der Waals surface area contributed by atoms with Crippen LogP contribution in [0.2, 0.25) is 0 Å². The average molecular weight is 290 g/mol. The molecule has 0 bridgehead atoms. The summed E-state index contributed by atoms with van der Waals surface area (Å²) in [6.45, 7) is 0. The van der Waals surface area contributed by atoms with E-state index in [1.165, 1.54) is 37.0 Å². The monoisotopic (exact) mass is 290 g/mol. The molecule has 2 aliphatic rings. The third kappa shape index (κ3) is 2.93. The van der Waals surface area contributed by atoms with E-state index in [4.69, 9.17) is 5.26 Å². The summed E-state index contributed by atoms with van der Waals surface area (Å²) in [5.74, 6) is 0.514. The lowest BCUT2D eigenvalue weighted by Gasteiger charge is -2.19. The summed E-state index contributed by atoms with van der Waals surface area (Å²) >= 11 is 1.60. The molecule has 2 saturated carbocycles. The number of carbonyl (C=O) groups excluding carboxylic acids is 1. The smallest absolute Gasteiger partial charge is 0.231 e. The molecule has 106 valence electrons. The normalized spacial score (nSPS) is 25.8. The number of nitrogens with one attached hydrogen (secondary N) is 2. The Morgan fingerprint density at radius 1 is 1.40 bits per heavy atom. The Balaban J connectivity index is 1.55.